The summed E-state index contributed by atoms with van der Waals surface area (Å²) in [4.78, 5) is 25.8. The summed E-state index contributed by atoms with van der Waals surface area (Å²) in [5.74, 6) is 0.250. The smallest absolute Gasteiger partial charge is 0.255 e. The number of carbonyl (C=O) groups excluding carboxylic acids is 2. The van der Waals surface area contributed by atoms with Gasteiger partial charge in [0.1, 0.15) is 0 Å². The van der Waals surface area contributed by atoms with Crippen LogP contribution >= 0.6 is 0 Å². The van der Waals surface area contributed by atoms with Gasteiger partial charge in [0.25, 0.3) is 11.8 Å². The van der Waals surface area contributed by atoms with Crippen molar-refractivity contribution in [1.29, 1.82) is 0 Å². The van der Waals surface area contributed by atoms with Crippen molar-refractivity contribution >= 4 is 11.8 Å². The van der Waals surface area contributed by atoms with Gasteiger partial charge in [0.2, 0.25) is 0 Å². The maximum Gasteiger partial charge on any atom is 0.255 e. The SMILES string of the molecule is COc1cc(C(=O)N2CCCC2CC(C)(C)C)ccc1OCC(N)=O. The van der Waals surface area contributed by atoms with Gasteiger partial charge in [0, 0.05) is 18.2 Å². The lowest BCUT2D eigenvalue weighted by atomic mass is 9.87. The number of amides is 2. The van der Waals surface area contributed by atoms with Gasteiger partial charge < -0.3 is 20.1 Å². The lowest BCUT2D eigenvalue weighted by molar-refractivity contribution is -0.119. The largest absolute Gasteiger partial charge is 0.493 e. The Balaban J connectivity index is 2.17. The van der Waals surface area contributed by atoms with E-state index in [1.807, 2.05) is 4.90 Å². The topological polar surface area (TPSA) is 81.9 Å². The maximum absolute atomic E-state index is 12.9. The van der Waals surface area contributed by atoms with Gasteiger partial charge in [-0.3, -0.25) is 9.59 Å². The molecular formula is C19H28N2O4. The fraction of sp³-hybridized carbons (Fsp3) is 0.579. The zero-order valence-corrected chi connectivity index (χ0v) is 15.5. The minimum Gasteiger partial charge on any atom is -0.493 e. The molecular weight excluding hydrogens is 320 g/mol. The number of benzene rings is 1. The Morgan fingerprint density at radius 3 is 2.60 bits per heavy atom. The van der Waals surface area contributed by atoms with E-state index >= 15 is 0 Å². The lowest BCUT2D eigenvalue weighted by Gasteiger charge is -2.30. The molecule has 138 valence electrons. The fourth-order valence-corrected chi connectivity index (χ4v) is 3.26. The van der Waals surface area contributed by atoms with Crippen LogP contribution in [0.3, 0.4) is 0 Å². The van der Waals surface area contributed by atoms with E-state index in [9.17, 15) is 9.59 Å². The van der Waals surface area contributed by atoms with Crippen molar-refractivity contribution in [2.75, 3.05) is 20.3 Å². The standard InChI is InChI=1S/C19H28N2O4/c1-19(2,3)11-14-6-5-9-21(14)18(23)13-7-8-15(16(10-13)24-4)25-12-17(20)22/h7-8,10,14H,5-6,9,11-12H2,1-4H3,(H2,20,22). The van der Waals surface area contributed by atoms with Gasteiger partial charge in [-0.2, -0.15) is 0 Å². The molecule has 6 nitrogen and oxygen atoms in total. The summed E-state index contributed by atoms with van der Waals surface area (Å²) in [6.45, 7) is 7.14. The van der Waals surface area contributed by atoms with Crippen molar-refractivity contribution in [3.8, 4) is 11.5 Å². The maximum atomic E-state index is 12.9. The van der Waals surface area contributed by atoms with E-state index in [4.69, 9.17) is 15.2 Å². The molecule has 0 aliphatic carbocycles. The van der Waals surface area contributed by atoms with Gasteiger partial charge in [-0.1, -0.05) is 20.8 Å². The average molecular weight is 348 g/mol. The summed E-state index contributed by atoms with van der Waals surface area (Å²) in [6.07, 6.45) is 3.05. The molecule has 1 heterocycles. The van der Waals surface area contributed by atoms with Gasteiger partial charge in [-0.15, -0.1) is 0 Å². The van der Waals surface area contributed by atoms with Gasteiger partial charge in [-0.05, 0) is 42.9 Å². The number of hydrogen-bond acceptors (Lipinski definition) is 4. The van der Waals surface area contributed by atoms with E-state index in [0.29, 0.717) is 17.1 Å². The fourth-order valence-electron chi connectivity index (χ4n) is 3.26. The van der Waals surface area contributed by atoms with E-state index in [0.717, 1.165) is 25.8 Å². The Kier molecular flexibility index (Phi) is 5.93. The highest BCUT2D eigenvalue weighted by Crippen LogP contribution is 2.33. The molecule has 2 N–H and O–H groups in total. The first-order valence-electron chi connectivity index (χ1n) is 8.61. The van der Waals surface area contributed by atoms with Crippen molar-refractivity contribution in [2.24, 2.45) is 11.1 Å². The third-order valence-electron chi connectivity index (χ3n) is 4.27. The highest BCUT2D eigenvalue weighted by molar-refractivity contribution is 5.95. The van der Waals surface area contributed by atoms with Crippen LogP contribution in [0.1, 0.15) is 50.4 Å². The Hall–Kier alpha value is -2.24. The number of ether oxygens (including phenoxy) is 2. The second kappa shape index (κ2) is 7.76. The lowest BCUT2D eigenvalue weighted by Crippen LogP contribution is -2.37. The molecule has 0 spiro atoms. The number of hydrogen-bond donors (Lipinski definition) is 1. The van der Waals surface area contributed by atoms with Crippen molar-refractivity contribution < 1.29 is 19.1 Å². The predicted octanol–water partition coefficient (Wildman–Crippen LogP) is 2.60. The van der Waals surface area contributed by atoms with Gasteiger partial charge >= 0.3 is 0 Å². The summed E-state index contributed by atoms with van der Waals surface area (Å²) in [6, 6.07) is 5.27. The molecule has 0 radical (unpaired) electrons. The summed E-state index contributed by atoms with van der Waals surface area (Å²) in [5.41, 5.74) is 5.83. The van der Waals surface area contributed by atoms with Crippen molar-refractivity contribution in [1.82, 2.24) is 4.90 Å². The van der Waals surface area contributed by atoms with Crippen molar-refractivity contribution in [3.05, 3.63) is 23.8 Å². The molecule has 1 saturated heterocycles. The van der Waals surface area contributed by atoms with Crippen LogP contribution in [-0.2, 0) is 4.79 Å². The Morgan fingerprint density at radius 2 is 2.00 bits per heavy atom. The van der Waals surface area contributed by atoms with Crippen LogP contribution in [0.5, 0.6) is 11.5 Å². The first-order valence-corrected chi connectivity index (χ1v) is 8.61. The second-order valence-electron chi connectivity index (χ2n) is 7.68. The van der Waals surface area contributed by atoms with E-state index in [-0.39, 0.29) is 24.0 Å². The number of carbonyl (C=O) groups is 2. The highest BCUT2D eigenvalue weighted by atomic mass is 16.5. The molecule has 1 aliphatic heterocycles. The summed E-state index contributed by atoms with van der Waals surface area (Å²) < 4.78 is 10.6. The van der Waals surface area contributed by atoms with Crippen LogP contribution in [0.2, 0.25) is 0 Å². The molecule has 2 amide bonds. The third kappa shape index (κ3) is 5.11. The van der Waals surface area contributed by atoms with Crippen molar-refractivity contribution in [2.45, 2.75) is 46.1 Å². The zero-order chi connectivity index (χ0) is 18.6. The van der Waals surface area contributed by atoms with Gasteiger partial charge in [0.15, 0.2) is 18.1 Å². The van der Waals surface area contributed by atoms with Gasteiger partial charge in [-0.25, -0.2) is 0 Å². The number of nitrogens with two attached hydrogens (primary N) is 1. The van der Waals surface area contributed by atoms with Crippen LogP contribution in [0.15, 0.2) is 18.2 Å². The first-order chi connectivity index (χ1) is 11.7. The average Bonchev–Trinajstić information content (AvgIpc) is 2.97. The molecule has 2 rings (SSSR count). The molecule has 6 heteroatoms. The number of primary amides is 1. The molecule has 0 aromatic heterocycles. The number of rotatable bonds is 6. The van der Waals surface area contributed by atoms with Crippen LogP contribution in [0.4, 0.5) is 0 Å². The zero-order valence-electron chi connectivity index (χ0n) is 15.5. The summed E-state index contributed by atoms with van der Waals surface area (Å²) in [5, 5.41) is 0. The Bertz CT molecular complexity index is 637. The second-order valence-corrected chi connectivity index (χ2v) is 7.68. The molecule has 0 saturated carbocycles. The Labute approximate surface area is 149 Å². The minimum atomic E-state index is -0.565. The minimum absolute atomic E-state index is 0.00602. The molecule has 1 aromatic carbocycles. The molecule has 1 aromatic rings. The normalized spacial score (nSPS) is 17.4. The van der Waals surface area contributed by atoms with E-state index in [1.165, 1.54) is 7.11 Å². The van der Waals surface area contributed by atoms with E-state index < -0.39 is 5.91 Å². The summed E-state index contributed by atoms with van der Waals surface area (Å²) in [7, 11) is 1.50. The Morgan fingerprint density at radius 1 is 1.28 bits per heavy atom. The predicted molar refractivity (Wildman–Crippen MR) is 95.8 cm³/mol. The number of likely N-dealkylation sites (tertiary alicyclic amines) is 1. The van der Waals surface area contributed by atoms with E-state index in [2.05, 4.69) is 20.8 Å². The summed E-state index contributed by atoms with van der Waals surface area (Å²) >= 11 is 0. The van der Waals surface area contributed by atoms with E-state index in [1.54, 1.807) is 18.2 Å². The number of nitrogens with zero attached hydrogens (tertiary/aromatic N) is 1. The highest BCUT2D eigenvalue weighted by Gasteiger charge is 2.32. The van der Waals surface area contributed by atoms with Gasteiger partial charge in [0.05, 0.1) is 7.11 Å². The molecule has 1 unspecified atom stereocenters. The number of methoxy groups -OCH3 is 1. The monoisotopic (exact) mass is 348 g/mol. The van der Waals surface area contributed by atoms with Crippen molar-refractivity contribution in [3.63, 3.8) is 0 Å². The van der Waals surface area contributed by atoms with Crippen LogP contribution in [0, 0.1) is 5.41 Å². The molecule has 0 bridgehead atoms. The first kappa shape index (κ1) is 19.1. The molecule has 25 heavy (non-hydrogen) atoms. The van der Waals surface area contributed by atoms with Crippen LogP contribution < -0.4 is 15.2 Å². The third-order valence-corrected chi connectivity index (χ3v) is 4.27. The molecule has 1 aliphatic rings. The van der Waals surface area contributed by atoms with Crippen LogP contribution in [-0.4, -0.2) is 43.0 Å². The quantitative estimate of drug-likeness (QED) is 0.857. The molecule has 1 atom stereocenters. The molecule has 1 fully saturated rings. The van der Waals surface area contributed by atoms with Crippen LogP contribution in [0.25, 0.3) is 0 Å².